The van der Waals surface area contributed by atoms with Gasteiger partial charge in [-0.1, -0.05) is 35.9 Å². The number of nitrogens with one attached hydrogen (secondary N) is 2. The van der Waals surface area contributed by atoms with Crippen LogP contribution >= 0.6 is 11.6 Å². The first-order valence-electron chi connectivity index (χ1n) is 9.12. The van der Waals surface area contributed by atoms with Gasteiger partial charge in [-0.15, -0.1) is 0 Å². The Labute approximate surface area is 159 Å². The van der Waals surface area contributed by atoms with E-state index in [-0.39, 0.29) is 5.91 Å². The van der Waals surface area contributed by atoms with E-state index in [0.29, 0.717) is 24.0 Å². The van der Waals surface area contributed by atoms with Crippen LogP contribution < -0.4 is 15.4 Å². The van der Waals surface area contributed by atoms with Gasteiger partial charge in [0, 0.05) is 11.6 Å². The van der Waals surface area contributed by atoms with Gasteiger partial charge in [-0.2, -0.15) is 0 Å². The number of carbonyl (C=O) groups excluding carboxylic acids is 1. The molecular formula is C21H25ClN2O2. The maximum absolute atomic E-state index is 12.1. The Morgan fingerprint density at radius 3 is 2.81 bits per heavy atom. The number of hydrogen-bond donors (Lipinski definition) is 2. The lowest BCUT2D eigenvalue weighted by atomic mass is 10.1. The Morgan fingerprint density at radius 2 is 2.04 bits per heavy atom. The number of halogens is 1. The number of amides is 1. The second kappa shape index (κ2) is 9.60. The third-order valence-corrected chi connectivity index (χ3v) is 4.87. The van der Waals surface area contributed by atoms with Gasteiger partial charge in [0.1, 0.15) is 12.4 Å². The molecule has 5 heteroatoms. The van der Waals surface area contributed by atoms with Crippen LogP contribution in [0, 0.1) is 5.92 Å². The maximum Gasteiger partial charge on any atom is 0.224 e. The van der Waals surface area contributed by atoms with E-state index >= 15 is 0 Å². The fourth-order valence-corrected chi connectivity index (χ4v) is 3.24. The zero-order chi connectivity index (χ0) is 18.2. The Kier molecular flexibility index (Phi) is 6.92. The molecule has 1 fully saturated rings. The molecule has 3 rings (SSSR count). The van der Waals surface area contributed by atoms with E-state index in [0.717, 1.165) is 42.9 Å². The second-order valence-corrected chi connectivity index (χ2v) is 7.17. The summed E-state index contributed by atoms with van der Waals surface area (Å²) in [5.74, 6) is 1.52. The van der Waals surface area contributed by atoms with Crippen molar-refractivity contribution in [3.63, 3.8) is 0 Å². The molecule has 1 unspecified atom stereocenters. The zero-order valence-corrected chi connectivity index (χ0v) is 15.6. The van der Waals surface area contributed by atoms with Gasteiger partial charge in [0.15, 0.2) is 0 Å². The summed E-state index contributed by atoms with van der Waals surface area (Å²) in [5.41, 5.74) is 2.01. The van der Waals surface area contributed by atoms with Crippen LogP contribution in [0.5, 0.6) is 5.75 Å². The van der Waals surface area contributed by atoms with Gasteiger partial charge in [-0.25, -0.2) is 0 Å². The lowest BCUT2D eigenvalue weighted by molar-refractivity contribution is -0.120. The van der Waals surface area contributed by atoms with E-state index in [1.54, 1.807) is 0 Å². The van der Waals surface area contributed by atoms with E-state index in [2.05, 4.69) is 10.6 Å². The van der Waals surface area contributed by atoms with Crippen LogP contribution in [0.2, 0.25) is 5.02 Å². The smallest absolute Gasteiger partial charge is 0.224 e. The highest BCUT2D eigenvalue weighted by atomic mass is 35.5. The lowest BCUT2D eigenvalue weighted by Crippen LogP contribution is -2.27. The number of ether oxygens (including phenoxy) is 1. The van der Waals surface area contributed by atoms with Gasteiger partial charge in [0.05, 0.1) is 6.42 Å². The average Bonchev–Trinajstić information content (AvgIpc) is 3.15. The average molecular weight is 373 g/mol. The molecule has 2 aromatic rings. The molecule has 0 aromatic heterocycles. The highest BCUT2D eigenvalue weighted by molar-refractivity contribution is 6.30. The molecule has 0 saturated carbocycles. The van der Waals surface area contributed by atoms with Gasteiger partial charge in [-0.3, -0.25) is 4.79 Å². The summed E-state index contributed by atoms with van der Waals surface area (Å²) in [4.78, 5) is 12.1. The van der Waals surface area contributed by atoms with Crippen molar-refractivity contribution >= 4 is 17.5 Å². The molecule has 0 aliphatic carbocycles. The molecule has 1 atom stereocenters. The standard InChI is InChI=1S/C21H25ClN2O2/c22-19-6-4-17(5-7-19)15-26-20-3-1-2-18(12-20)13-21(25)24-11-9-16-8-10-23-14-16/h1-7,12,16,23H,8-11,13-15H2,(H,24,25). The Bertz CT molecular complexity index is 712. The van der Waals surface area contributed by atoms with Crippen LogP contribution in [-0.2, 0) is 17.8 Å². The van der Waals surface area contributed by atoms with Crippen LogP contribution in [0.4, 0.5) is 0 Å². The number of rotatable bonds is 8. The molecule has 0 bridgehead atoms. The van der Waals surface area contributed by atoms with Crippen molar-refractivity contribution in [1.29, 1.82) is 0 Å². The summed E-state index contributed by atoms with van der Waals surface area (Å²) in [6.45, 7) is 3.39. The van der Waals surface area contributed by atoms with E-state index in [1.807, 2.05) is 48.5 Å². The number of benzene rings is 2. The van der Waals surface area contributed by atoms with Crippen molar-refractivity contribution in [2.24, 2.45) is 5.92 Å². The molecule has 1 saturated heterocycles. The van der Waals surface area contributed by atoms with Crippen molar-refractivity contribution < 1.29 is 9.53 Å². The summed E-state index contributed by atoms with van der Waals surface area (Å²) in [7, 11) is 0. The molecule has 1 amide bonds. The van der Waals surface area contributed by atoms with E-state index in [1.165, 1.54) is 6.42 Å². The fourth-order valence-electron chi connectivity index (χ4n) is 3.12. The monoisotopic (exact) mass is 372 g/mol. The fraction of sp³-hybridized carbons (Fsp3) is 0.381. The predicted molar refractivity (Wildman–Crippen MR) is 105 cm³/mol. The predicted octanol–water partition coefficient (Wildman–Crippen LogP) is 3.58. The minimum atomic E-state index is 0.0609. The van der Waals surface area contributed by atoms with Crippen LogP contribution in [0.15, 0.2) is 48.5 Å². The first-order chi connectivity index (χ1) is 12.7. The van der Waals surface area contributed by atoms with Crippen molar-refractivity contribution in [2.45, 2.75) is 25.9 Å². The van der Waals surface area contributed by atoms with Crippen molar-refractivity contribution in [2.75, 3.05) is 19.6 Å². The first kappa shape index (κ1) is 18.7. The summed E-state index contributed by atoms with van der Waals surface area (Å²) in [5, 5.41) is 7.08. The molecule has 2 N–H and O–H groups in total. The van der Waals surface area contributed by atoms with Crippen LogP contribution in [0.25, 0.3) is 0 Å². The molecule has 1 aliphatic rings. The maximum atomic E-state index is 12.1. The normalized spacial score (nSPS) is 16.4. The largest absolute Gasteiger partial charge is 0.489 e. The lowest BCUT2D eigenvalue weighted by Gasteiger charge is -2.10. The summed E-state index contributed by atoms with van der Waals surface area (Å²) in [6, 6.07) is 15.3. The number of hydrogen-bond acceptors (Lipinski definition) is 3. The van der Waals surface area contributed by atoms with Gasteiger partial charge >= 0.3 is 0 Å². The first-order valence-corrected chi connectivity index (χ1v) is 9.50. The van der Waals surface area contributed by atoms with Crippen molar-refractivity contribution in [3.8, 4) is 5.75 Å². The molecule has 4 nitrogen and oxygen atoms in total. The Balaban J connectivity index is 1.43. The molecule has 0 radical (unpaired) electrons. The molecular weight excluding hydrogens is 348 g/mol. The van der Waals surface area contributed by atoms with E-state index in [4.69, 9.17) is 16.3 Å². The van der Waals surface area contributed by atoms with Crippen LogP contribution in [0.3, 0.4) is 0 Å². The minimum absolute atomic E-state index is 0.0609. The number of carbonyl (C=O) groups is 1. The summed E-state index contributed by atoms with van der Waals surface area (Å²) < 4.78 is 5.82. The SMILES string of the molecule is O=C(Cc1cccc(OCc2ccc(Cl)cc2)c1)NCCC1CCNC1. The van der Waals surface area contributed by atoms with Crippen molar-refractivity contribution in [3.05, 3.63) is 64.7 Å². The molecule has 1 heterocycles. The summed E-state index contributed by atoms with van der Waals surface area (Å²) in [6.07, 6.45) is 2.63. The van der Waals surface area contributed by atoms with Gasteiger partial charge in [-0.05, 0) is 67.2 Å². The third kappa shape index (κ3) is 6.04. The highest BCUT2D eigenvalue weighted by Gasteiger charge is 2.14. The molecule has 0 spiro atoms. The topological polar surface area (TPSA) is 50.4 Å². The second-order valence-electron chi connectivity index (χ2n) is 6.74. The van der Waals surface area contributed by atoms with Crippen molar-refractivity contribution in [1.82, 2.24) is 10.6 Å². The molecule has 26 heavy (non-hydrogen) atoms. The molecule has 138 valence electrons. The third-order valence-electron chi connectivity index (χ3n) is 4.62. The van der Waals surface area contributed by atoms with Gasteiger partial charge in [0.25, 0.3) is 0 Å². The quantitative estimate of drug-likeness (QED) is 0.744. The zero-order valence-electron chi connectivity index (χ0n) is 14.8. The van der Waals surface area contributed by atoms with Crippen LogP contribution in [0.1, 0.15) is 24.0 Å². The van der Waals surface area contributed by atoms with E-state index < -0.39 is 0 Å². The molecule has 2 aromatic carbocycles. The van der Waals surface area contributed by atoms with Gasteiger partial charge in [0.2, 0.25) is 5.91 Å². The highest BCUT2D eigenvalue weighted by Crippen LogP contribution is 2.17. The van der Waals surface area contributed by atoms with E-state index in [9.17, 15) is 4.79 Å². The summed E-state index contributed by atoms with van der Waals surface area (Å²) >= 11 is 5.89. The Hall–Kier alpha value is -2.04. The Morgan fingerprint density at radius 1 is 1.19 bits per heavy atom. The minimum Gasteiger partial charge on any atom is -0.489 e. The molecule has 1 aliphatic heterocycles. The van der Waals surface area contributed by atoms with Crippen LogP contribution in [-0.4, -0.2) is 25.5 Å². The van der Waals surface area contributed by atoms with Gasteiger partial charge < -0.3 is 15.4 Å².